The second kappa shape index (κ2) is 8.37. The third-order valence-corrected chi connectivity index (χ3v) is 5.10. The molecule has 2 aromatic rings. The number of hydrogen-bond donors (Lipinski definition) is 2. The van der Waals surface area contributed by atoms with E-state index in [1.165, 1.54) is 17.7 Å². The second-order valence-corrected chi connectivity index (χ2v) is 6.98. The van der Waals surface area contributed by atoms with E-state index in [9.17, 15) is 19.7 Å². The fourth-order valence-corrected chi connectivity index (χ4v) is 3.45. The highest BCUT2D eigenvalue weighted by Gasteiger charge is 2.26. The smallest absolute Gasteiger partial charge is 0.288 e. The molecule has 8 nitrogen and oxygen atoms in total. The molecule has 146 valence electrons. The monoisotopic (exact) mass is 402 g/mol. The molecular weight excluding hydrogens is 384 g/mol. The molecule has 1 unspecified atom stereocenters. The van der Waals surface area contributed by atoms with Gasteiger partial charge in [0.2, 0.25) is 5.91 Å². The summed E-state index contributed by atoms with van der Waals surface area (Å²) in [4.78, 5) is 36.9. The van der Waals surface area contributed by atoms with Gasteiger partial charge < -0.3 is 0 Å². The van der Waals surface area contributed by atoms with Crippen LogP contribution in [0.4, 0.5) is 5.69 Å². The van der Waals surface area contributed by atoms with Crippen molar-refractivity contribution in [1.82, 2.24) is 15.8 Å². The van der Waals surface area contributed by atoms with Crippen molar-refractivity contribution in [1.29, 1.82) is 0 Å². The molecule has 28 heavy (non-hydrogen) atoms. The Morgan fingerprint density at radius 1 is 1.25 bits per heavy atom. The number of nitrogens with one attached hydrogen (secondary N) is 2. The first-order chi connectivity index (χ1) is 13.4. The van der Waals surface area contributed by atoms with Crippen LogP contribution in [-0.4, -0.2) is 35.2 Å². The number of nitrogens with zero attached hydrogens (tertiary/aromatic N) is 2. The summed E-state index contributed by atoms with van der Waals surface area (Å²) in [6, 6.07) is 11.6. The fourth-order valence-electron chi connectivity index (χ4n) is 3.26. The van der Waals surface area contributed by atoms with Gasteiger partial charge >= 0.3 is 0 Å². The summed E-state index contributed by atoms with van der Waals surface area (Å²) in [5.41, 5.74) is 6.64. The highest BCUT2D eigenvalue weighted by atomic mass is 35.5. The maximum absolute atomic E-state index is 12.3. The van der Waals surface area contributed by atoms with Gasteiger partial charge in [-0.2, -0.15) is 0 Å². The number of hydrazine groups is 1. The lowest BCUT2D eigenvalue weighted by molar-refractivity contribution is -0.384. The summed E-state index contributed by atoms with van der Waals surface area (Å²) >= 11 is 5.74. The van der Waals surface area contributed by atoms with E-state index in [0.29, 0.717) is 0 Å². The number of nitro groups is 1. The molecule has 3 rings (SSSR count). The van der Waals surface area contributed by atoms with Gasteiger partial charge in [-0.05, 0) is 36.7 Å². The van der Waals surface area contributed by atoms with E-state index in [1.54, 1.807) is 0 Å². The van der Waals surface area contributed by atoms with Gasteiger partial charge in [0.05, 0.1) is 4.92 Å². The van der Waals surface area contributed by atoms with Crippen LogP contribution in [0.15, 0.2) is 42.5 Å². The molecule has 0 fully saturated rings. The summed E-state index contributed by atoms with van der Waals surface area (Å²) in [5.74, 6) is -1.02. The predicted molar refractivity (Wildman–Crippen MR) is 104 cm³/mol. The summed E-state index contributed by atoms with van der Waals surface area (Å²) in [6.45, 7) is 0.843. The summed E-state index contributed by atoms with van der Waals surface area (Å²) < 4.78 is 0. The van der Waals surface area contributed by atoms with Gasteiger partial charge in [-0.1, -0.05) is 35.9 Å². The van der Waals surface area contributed by atoms with Gasteiger partial charge in [-0.25, -0.2) is 0 Å². The average molecular weight is 403 g/mol. The number of carbonyl (C=O) groups excluding carboxylic acids is 2. The van der Waals surface area contributed by atoms with E-state index >= 15 is 0 Å². The highest BCUT2D eigenvalue weighted by molar-refractivity contribution is 6.32. The first-order valence-corrected chi connectivity index (χ1v) is 9.06. The number of rotatable bonds is 4. The van der Waals surface area contributed by atoms with Crippen LogP contribution < -0.4 is 10.9 Å². The van der Waals surface area contributed by atoms with Gasteiger partial charge in [0, 0.05) is 30.6 Å². The number of likely N-dealkylation sites (N-methyl/N-ethyl adjacent to an activating group) is 1. The quantitative estimate of drug-likeness (QED) is 0.604. The van der Waals surface area contributed by atoms with Crippen molar-refractivity contribution in [3.63, 3.8) is 0 Å². The Morgan fingerprint density at radius 2 is 2.00 bits per heavy atom. The normalized spacial score (nSPS) is 16.1. The van der Waals surface area contributed by atoms with Gasteiger partial charge in [0.25, 0.3) is 11.6 Å². The molecular formula is C19H19ClN4O4. The molecule has 2 N–H and O–H groups in total. The molecule has 0 radical (unpaired) electrons. The van der Waals surface area contributed by atoms with Crippen LogP contribution in [0.3, 0.4) is 0 Å². The molecule has 0 aliphatic carbocycles. The van der Waals surface area contributed by atoms with Gasteiger partial charge in [0.15, 0.2) is 0 Å². The zero-order valence-electron chi connectivity index (χ0n) is 15.1. The molecule has 0 saturated heterocycles. The maximum atomic E-state index is 12.3. The Hall–Kier alpha value is -2.97. The maximum Gasteiger partial charge on any atom is 0.288 e. The topological polar surface area (TPSA) is 105 Å². The van der Waals surface area contributed by atoms with E-state index in [0.717, 1.165) is 24.6 Å². The number of carbonyl (C=O) groups is 2. The fraction of sp³-hybridized carbons (Fsp3) is 0.263. The standard InChI is InChI=1S/C19H19ClN4O4/c1-23-9-8-12-4-2-3-5-14(12)16(23)11-18(25)21-22-19(26)13-6-7-15(20)17(10-13)24(27)28/h2-7,10,16H,8-9,11H2,1H3,(H,21,25)(H,22,26). The minimum Gasteiger partial charge on any atom is -0.299 e. The molecule has 0 aromatic heterocycles. The highest BCUT2D eigenvalue weighted by Crippen LogP contribution is 2.30. The molecule has 1 heterocycles. The molecule has 2 amide bonds. The van der Waals surface area contributed by atoms with Crippen molar-refractivity contribution < 1.29 is 14.5 Å². The largest absolute Gasteiger partial charge is 0.299 e. The van der Waals surface area contributed by atoms with Crippen molar-refractivity contribution in [3.05, 3.63) is 74.3 Å². The van der Waals surface area contributed by atoms with Crippen LogP contribution in [0.25, 0.3) is 0 Å². The summed E-state index contributed by atoms with van der Waals surface area (Å²) in [6.07, 6.45) is 1.10. The second-order valence-electron chi connectivity index (χ2n) is 6.57. The van der Waals surface area contributed by atoms with Crippen molar-refractivity contribution >= 4 is 29.1 Å². The Kier molecular flexibility index (Phi) is 5.91. The van der Waals surface area contributed by atoms with E-state index in [2.05, 4.69) is 21.8 Å². The zero-order chi connectivity index (χ0) is 20.3. The first-order valence-electron chi connectivity index (χ1n) is 8.68. The molecule has 2 aromatic carbocycles. The number of fused-ring (bicyclic) bond motifs is 1. The van der Waals surface area contributed by atoms with Crippen LogP contribution >= 0.6 is 11.6 Å². The molecule has 9 heteroatoms. The van der Waals surface area contributed by atoms with Crippen molar-refractivity contribution in [2.24, 2.45) is 0 Å². The van der Waals surface area contributed by atoms with Crippen molar-refractivity contribution in [3.8, 4) is 0 Å². The van der Waals surface area contributed by atoms with Gasteiger partial charge in [-0.15, -0.1) is 0 Å². The number of halogens is 1. The Balaban J connectivity index is 1.63. The predicted octanol–water partition coefficient (Wildman–Crippen LogP) is 2.63. The van der Waals surface area contributed by atoms with Crippen LogP contribution in [0.2, 0.25) is 5.02 Å². The number of benzene rings is 2. The van der Waals surface area contributed by atoms with Gasteiger partial charge in [0.1, 0.15) is 5.02 Å². The minimum absolute atomic E-state index is 0.0246. The lowest BCUT2D eigenvalue weighted by Crippen LogP contribution is -2.44. The molecule has 1 aliphatic heterocycles. The Bertz CT molecular complexity index is 934. The van der Waals surface area contributed by atoms with Gasteiger partial charge in [-0.3, -0.25) is 35.5 Å². The van der Waals surface area contributed by atoms with Crippen LogP contribution in [-0.2, 0) is 11.2 Å². The van der Waals surface area contributed by atoms with E-state index in [-0.39, 0.29) is 34.6 Å². The molecule has 0 saturated carbocycles. The summed E-state index contributed by atoms with van der Waals surface area (Å²) in [5, 5.41) is 10.9. The van der Waals surface area contributed by atoms with E-state index in [1.807, 2.05) is 25.2 Å². The minimum atomic E-state index is -0.673. The Morgan fingerprint density at radius 3 is 2.75 bits per heavy atom. The van der Waals surface area contributed by atoms with E-state index in [4.69, 9.17) is 11.6 Å². The zero-order valence-corrected chi connectivity index (χ0v) is 15.9. The third kappa shape index (κ3) is 4.29. The van der Waals surface area contributed by atoms with Crippen LogP contribution in [0.1, 0.15) is 33.9 Å². The third-order valence-electron chi connectivity index (χ3n) is 4.78. The average Bonchev–Trinajstić information content (AvgIpc) is 2.68. The van der Waals surface area contributed by atoms with E-state index < -0.39 is 10.8 Å². The number of amides is 2. The number of nitro benzene ring substituents is 1. The van der Waals surface area contributed by atoms with Crippen LogP contribution in [0.5, 0.6) is 0 Å². The molecule has 0 spiro atoms. The molecule has 0 bridgehead atoms. The summed E-state index contributed by atoms with van der Waals surface area (Å²) in [7, 11) is 1.96. The number of hydrogen-bond acceptors (Lipinski definition) is 5. The lowest BCUT2D eigenvalue weighted by Gasteiger charge is -2.34. The SMILES string of the molecule is CN1CCc2ccccc2C1CC(=O)NNC(=O)c1ccc(Cl)c([N+](=O)[O-])c1. The van der Waals surface area contributed by atoms with Crippen LogP contribution in [0, 0.1) is 10.1 Å². The Labute approximate surface area is 166 Å². The molecule has 1 aliphatic rings. The van der Waals surface area contributed by atoms with Crippen molar-refractivity contribution in [2.45, 2.75) is 18.9 Å². The lowest BCUT2D eigenvalue weighted by atomic mass is 9.91. The first kappa shape index (κ1) is 19.8. The van der Waals surface area contributed by atoms with Crippen molar-refractivity contribution in [2.75, 3.05) is 13.6 Å². The molecule has 1 atom stereocenters.